The Morgan fingerprint density at radius 3 is 3.06 bits per heavy atom. The van der Waals surface area contributed by atoms with Crippen molar-refractivity contribution in [1.29, 1.82) is 0 Å². The van der Waals surface area contributed by atoms with E-state index in [1.54, 1.807) is 17.5 Å². The molecule has 2 rings (SSSR count). The summed E-state index contributed by atoms with van der Waals surface area (Å²) < 4.78 is 0. The molecule has 16 heavy (non-hydrogen) atoms. The molecule has 2 N–H and O–H groups in total. The van der Waals surface area contributed by atoms with Gasteiger partial charge in [0.25, 0.3) is 5.56 Å². The van der Waals surface area contributed by atoms with Crippen molar-refractivity contribution in [2.24, 2.45) is 0 Å². The van der Waals surface area contributed by atoms with Gasteiger partial charge in [-0.15, -0.1) is 11.3 Å². The molecule has 0 aromatic carbocycles. The van der Waals surface area contributed by atoms with E-state index in [0.717, 1.165) is 11.4 Å². The van der Waals surface area contributed by atoms with Gasteiger partial charge >= 0.3 is 0 Å². The number of anilines is 1. The highest BCUT2D eigenvalue weighted by molar-refractivity contribution is 7.11. The summed E-state index contributed by atoms with van der Waals surface area (Å²) in [5.74, 6) is 0.329. The van der Waals surface area contributed by atoms with Crippen LogP contribution in [0.1, 0.15) is 16.8 Å². The Kier molecular flexibility index (Phi) is 3.31. The summed E-state index contributed by atoms with van der Waals surface area (Å²) >= 11 is 1.64. The van der Waals surface area contributed by atoms with Crippen molar-refractivity contribution in [1.82, 2.24) is 15.0 Å². The summed E-state index contributed by atoms with van der Waals surface area (Å²) in [5.41, 5.74) is -0.213. The number of aromatic amines is 1. The molecular formula is C10H12N4OS. The Labute approximate surface area is 96.6 Å². The Hall–Kier alpha value is -1.69. The standard InChI is InChI=1S/C10H12N4OS/c1-2-7-5-13-8(16-7)6-14-9-10(15)12-4-3-11-9/h3-5H,2,6H2,1H3,(H,11,14)(H,12,15). The Morgan fingerprint density at radius 2 is 2.38 bits per heavy atom. The van der Waals surface area contributed by atoms with E-state index in [2.05, 4.69) is 27.2 Å². The number of aromatic nitrogens is 3. The summed E-state index contributed by atoms with van der Waals surface area (Å²) in [5, 5.41) is 3.92. The van der Waals surface area contributed by atoms with Gasteiger partial charge in [0.2, 0.25) is 0 Å². The Balaban J connectivity index is 2.02. The highest BCUT2D eigenvalue weighted by Crippen LogP contribution is 2.13. The first kappa shape index (κ1) is 10.8. The van der Waals surface area contributed by atoms with E-state index in [4.69, 9.17) is 0 Å². The van der Waals surface area contributed by atoms with Crippen LogP contribution in [-0.4, -0.2) is 15.0 Å². The first-order valence-corrected chi connectivity index (χ1v) is 5.82. The average Bonchev–Trinajstić information content (AvgIpc) is 2.76. The highest BCUT2D eigenvalue weighted by Gasteiger charge is 2.02. The second-order valence-corrected chi connectivity index (χ2v) is 4.39. The maximum atomic E-state index is 11.3. The molecule has 2 aromatic rings. The van der Waals surface area contributed by atoms with Gasteiger partial charge in [0.15, 0.2) is 5.82 Å². The quantitative estimate of drug-likeness (QED) is 0.841. The number of H-pyrrole nitrogens is 1. The van der Waals surface area contributed by atoms with Crippen LogP contribution in [0.2, 0.25) is 0 Å². The SMILES string of the molecule is CCc1cnc(CNc2ncc[nH]c2=O)s1. The van der Waals surface area contributed by atoms with Crippen molar-refractivity contribution in [2.75, 3.05) is 5.32 Å². The second-order valence-electron chi connectivity index (χ2n) is 3.19. The predicted molar refractivity (Wildman–Crippen MR) is 63.7 cm³/mol. The number of aryl methyl sites for hydroxylation is 1. The Bertz CT molecular complexity index is 519. The van der Waals surface area contributed by atoms with Crippen LogP contribution in [0.15, 0.2) is 23.4 Å². The fraction of sp³-hybridized carbons (Fsp3) is 0.300. The normalized spacial score (nSPS) is 10.3. The van der Waals surface area contributed by atoms with Gasteiger partial charge in [-0.05, 0) is 6.42 Å². The lowest BCUT2D eigenvalue weighted by molar-refractivity contribution is 1.04. The lowest BCUT2D eigenvalue weighted by atomic mass is 10.4. The summed E-state index contributed by atoms with van der Waals surface area (Å²) in [6.45, 7) is 2.62. The molecule has 0 amide bonds. The van der Waals surface area contributed by atoms with Crippen LogP contribution in [-0.2, 0) is 13.0 Å². The van der Waals surface area contributed by atoms with Crippen molar-refractivity contribution in [3.8, 4) is 0 Å². The number of nitrogens with one attached hydrogen (secondary N) is 2. The molecule has 0 radical (unpaired) electrons. The zero-order chi connectivity index (χ0) is 11.4. The lowest BCUT2D eigenvalue weighted by Crippen LogP contribution is -2.14. The molecule has 0 aliphatic carbocycles. The molecule has 0 saturated carbocycles. The van der Waals surface area contributed by atoms with Crippen LogP contribution >= 0.6 is 11.3 Å². The molecule has 0 fully saturated rings. The molecule has 0 saturated heterocycles. The van der Waals surface area contributed by atoms with Crippen LogP contribution in [0.3, 0.4) is 0 Å². The van der Waals surface area contributed by atoms with E-state index in [1.807, 2.05) is 6.20 Å². The summed E-state index contributed by atoms with van der Waals surface area (Å²) in [4.78, 5) is 23.3. The molecule has 6 heteroatoms. The molecule has 0 spiro atoms. The molecule has 0 aliphatic heterocycles. The van der Waals surface area contributed by atoms with Crippen molar-refractivity contribution in [3.63, 3.8) is 0 Å². The van der Waals surface area contributed by atoms with Gasteiger partial charge in [-0.1, -0.05) is 6.92 Å². The van der Waals surface area contributed by atoms with Crippen molar-refractivity contribution in [3.05, 3.63) is 38.8 Å². The van der Waals surface area contributed by atoms with Gasteiger partial charge in [-0.25, -0.2) is 9.97 Å². The third-order valence-corrected chi connectivity index (χ3v) is 3.21. The minimum atomic E-state index is -0.213. The zero-order valence-electron chi connectivity index (χ0n) is 8.86. The van der Waals surface area contributed by atoms with Crippen LogP contribution < -0.4 is 10.9 Å². The van der Waals surface area contributed by atoms with Gasteiger partial charge in [-0.3, -0.25) is 4.79 Å². The van der Waals surface area contributed by atoms with Gasteiger partial charge < -0.3 is 10.3 Å². The first-order chi connectivity index (χ1) is 7.79. The molecule has 0 unspecified atom stereocenters. The average molecular weight is 236 g/mol. The van der Waals surface area contributed by atoms with Gasteiger partial charge in [0.05, 0.1) is 6.54 Å². The number of rotatable bonds is 4. The van der Waals surface area contributed by atoms with Crippen molar-refractivity contribution >= 4 is 17.2 Å². The summed E-state index contributed by atoms with van der Waals surface area (Å²) in [7, 11) is 0. The van der Waals surface area contributed by atoms with Crippen molar-refractivity contribution < 1.29 is 0 Å². The van der Waals surface area contributed by atoms with Crippen LogP contribution in [0.25, 0.3) is 0 Å². The van der Waals surface area contributed by atoms with E-state index in [9.17, 15) is 4.79 Å². The minimum absolute atomic E-state index is 0.213. The van der Waals surface area contributed by atoms with E-state index < -0.39 is 0 Å². The van der Waals surface area contributed by atoms with Gasteiger partial charge in [-0.2, -0.15) is 0 Å². The fourth-order valence-electron chi connectivity index (χ4n) is 1.23. The van der Waals surface area contributed by atoms with Crippen LogP contribution in [0, 0.1) is 0 Å². The van der Waals surface area contributed by atoms with E-state index >= 15 is 0 Å². The van der Waals surface area contributed by atoms with Crippen LogP contribution in [0.5, 0.6) is 0 Å². The fourth-order valence-corrected chi connectivity index (χ4v) is 2.03. The lowest BCUT2D eigenvalue weighted by Gasteiger charge is -2.00. The topological polar surface area (TPSA) is 70.7 Å². The molecule has 0 bridgehead atoms. The van der Waals surface area contributed by atoms with E-state index in [0.29, 0.717) is 12.4 Å². The zero-order valence-corrected chi connectivity index (χ0v) is 9.67. The minimum Gasteiger partial charge on any atom is -0.359 e. The summed E-state index contributed by atoms with van der Waals surface area (Å²) in [6, 6.07) is 0. The third kappa shape index (κ3) is 2.46. The number of nitrogens with zero attached hydrogens (tertiary/aromatic N) is 2. The third-order valence-electron chi connectivity index (χ3n) is 2.06. The monoisotopic (exact) mass is 236 g/mol. The molecule has 2 heterocycles. The van der Waals surface area contributed by atoms with Crippen molar-refractivity contribution in [2.45, 2.75) is 19.9 Å². The first-order valence-electron chi connectivity index (χ1n) is 5.00. The second kappa shape index (κ2) is 4.89. The largest absolute Gasteiger partial charge is 0.359 e. The maximum Gasteiger partial charge on any atom is 0.290 e. The van der Waals surface area contributed by atoms with E-state index in [-0.39, 0.29) is 5.56 Å². The molecule has 0 aliphatic rings. The molecular weight excluding hydrogens is 224 g/mol. The predicted octanol–water partition coefficient (Wildman–Crippen LogP) is 1.40. The smallest absolute Gasteiger partial charge is 0.290 e. The molecule has 84 valence electrons. The molecule has 2 aromatic heterocycles. The van der Waals surface area contributed by atoms with Crippen LogP contribution in [0.4, 0.5) is 5.82 Å². The molecule has 5 nitrogen and oxygen atoms in total. The number of hydrogen-bond acceptors (Lipinski definition) is 5. The van der Waals surface area contributed by atoms with E-state index in [1.165, 1.54) is 11.1 Å². The highest BCUT2D eigenvalue weighted by atomic mass is 32.1. The maximum absolute atomic E-state index is 11.3. The summed E-state index contributed by atoms with van der Waals surface area (Å²) in [6.07, 6.45) is 5.90. The number of hydrogen-bond donors (Lipinski definition) is 2. The van der Waals surface area contributed by atoms with Gasteiger partial charge in [0, 0.05) is 23.5 Å². The van der Waals surface area contributed by atoms with Gasteiger partial charge in [0.1, 0.15) is 5.01 Å². The molecule has 0 atom stereocenters. The Morgan fingerprint density at radius 1 is 1.50 bits per heavy atom. The number of thiazole rings is 1.